The first-order valence-electron chi connectivity index (χ1n) is 11.4. The molecule has 180 valence electrons. The molecule has 34 heavy (non-hydrogen) atoms. The molecule has 1 fully saturated rings. The predicted molar refractivity (Wildman–Crippen MR) is 128 cm³/mol. The Hall–Kier alpha value is -2.58. The van der Waals surface area contributed by atoms with E-state index in [4.69, 9.17) is 23.7 Å². The summed E-state index contributed by atoms with van der Waals surface area (Å²) in [5, 5.41) is 11.1. The highest BCUT2D eigenvalue weighted by molar-refractivity contribution is 5.47. The third-order valence-corrected chi connectivity index (χ3v) is 6.40. The first kappa shape index (κ1) is 24.5. The van der Waals surface area contributed by atoms with Crippen molar-refractivity contribution in [3.63, 3.8) is 0 Å². The Labute approximate surface area is 201 Å². The van der Waals surface area contributed by atoms with Crippen LogP contribution < -0.4 is 0 Å². The summed E-state index contributed by atoms with van der Waals surface area (Å²) in [7, 11) is 4.63. The molecule has 4 rings (SSSR count). The lowest BCUT2D eigenvalue weighted by atomic mass is 9.80. The van der Waals surface area contributed by atoms with E-state index < -0.39 is 36.3 Å². The van der Waals surface area contributed by atoms with Crippen LogP contribution in [0.5, 0.6) is 0 Å². The fraction of sp³-hybridized carbons (Fsp3) is 0.357. The minimum atomic E-state index is -0.971. The van der Waals surface area contributed by atoms with Crippen LogP contribution in [0.25, 0.3) is 0 Å². The van der Waals surface area contributed by atoms with Gasteiger partial charge in [-0.15, -0.1) is 0 Å². The Morgan fingerprint density at radius 3 is 1.50 bits per heavy atom. The van der Waals surface area contributed by atoms with Gasteiger partial charge in [0.05, 0.1) is 6.61 Å². The summed E-state index contributed by atoms with van der Waals surface area (Å²) in [6.07, 6.45) is -3.56. The standard InChI is InChI=1S/C28H32O6/c1-30-25-24(29)23(34-27(32-3)26(25)31-2)19-33-28(20-13-7-4-8-14-20,21-15-9-5-10-16-21)22-17-11-6-12-18-22/h4-18,23-27,29H,19H2,1-3H3/t23-,24-,25+,26-,27+/m1/s1. The molecule has 1 heterocycles. The molecule has 0 bridgehead atoms. The summed E-state index contributed by atoms with van der Waals surface area (Å²) < 4.78 is 29.5. The smallest absolute Gasteiger partial charge is 0.186 e. The summed E-state index contributed by atoms with van der Waals surface area (Å²) >= 11 is 0. The third-order valence-electron chi connectivity index (χ3n) is 6.40. The molecule has 1 N–H and O–H groups in total. The topological polar surface area (TPSA) is 66.4 Å². The van der Waals surface area contributed by atoms with Gasteiger partial charge in [-0.1, -0.05) is 91.0 Å². The van der Waals surface area contributed by atoms with Gasteiger partial charge in [0, 0.05) is 21.3 Å². The minimum Gasteiger partial charge on any atom is -0.387 e. The van der Waals surface area contributed by atoms with E-state index in [0.29, 0.717) is 0 Å². The molecule has 0 radical (unpaired) electrons. The van der Waals surface area contributed by atoms with Gasteiger partial charge in [-0.25, -0.2) is 0 Å². The van der Waals surface area contributed by atoms with Crippen molar-refractivity contribution in [3.05, 3.63) is 108 Å². The monoisotopic (exact) mass is 464 g/mol. The van der Waals surface area contributed by atoms with E-state index in [2.05, 4.69) is 36.4 Å². The molecule has 0 aliphatic carbocycles. The molecule has 0 amide bonds. The van der Waals surface area contributed by atoms with Gasteiger partial charge in [0.1, 0.15) is 30.0 Å². The van der Waals surface area contributed by atoms with Crippen molar-refractivity contribution in [2.45, 2.75) is 36.3 Å². The lowest BCUT2D eigenvalue weighted by molar-refractivity contribution is -0.307. The molecule has 6 nitrogen and oxygen atoms in total. The first-order valence-corrected chi connectivity index (χ1v) is 11.4. The fourth-order valence-corrected chi connectivity index (χ4v) is 4.71. The van der Waals surface area contributed by atoms with Gasteiger partial charge in [-0.05, 0) is 16.7 Å². The first-order chi connectivity index (χ1) is 16.7. The summed E-state index contributed by atoms with van der Waals surface area (Å²) in [6.45, 7) is 0.0933. The SMILES string of the molecule is CO[C@H]1O[C@H](COC(c2ccccc2)(c2ccccc2)c2ccccc2)[C@@H](O)[C@H](OC)[C@H]1OC. The van der Waals surface area contributed by atoms with Crippen LogP contribution in [-0.2, 0) is 29.3 Å². The Balaban J connectivity index is 1.75. The van der Waals surface area contributed by atoms with Crippen molar-refractivity contribution in [1.82, 2.24) is 0 Å². The molecule has 1 aliphatic heterocycles. The number of hydrogen-bond acceptors (Lipinski definition) is 6. The van der Waals surface area contributed by atoms with E-state index in [9.17, 15) is 5.11 Å². The molecular formula is C28H32O6. The largest absolute Gasteiger partial charge is 0.387 e. The van der Waals surface area contributed by atoms with Crippen molar-refractivity contribution in [2.75, 3.05) is 27.9 Å². The lowest BCUT2D eigenvalue weighted by Gasteiger charge is -2.44. The zero-order chi connectivity index (χ0) is 24.0. The Morgan fingerprint density at radius 1 is 0.676 bits per heavy atom. The van der Waals surface area contributed by atoms with Crippen LogP contribution in [0.15, 0.2) is 91.0 Å². The summed E-state index contributed by atoms with van der Waals surface area (Å²) in [6, 6.07) is 30.2. The molecule has 3 aromatic carbocycles. The molecule has 6 heteroatoms. The fourth-order valence-electron chi connectivity index (χ4n) is 4.71. The number of benzene rings is 3. The van der Waals surface area contributed by atoms with E-state index in [-0.39, 0.29) is 6.61 Å². The van der Waals surface area contributed by atoms with Crippen molar-refractivity contribution in [3.8, 4) is 0 Å². The van der Waals surface area contributed by atoms with Gasteiger partial charge in [0.25, 0.3) is 0 Å². The molecule has 0 aromatic heterocycles. The van der Waals surface area contributed by atoms with Gasteiger partial charge < -0.3 is 28.8 Å². The quantitative estimate of drug-likeness (QED) is 0.487. The van der Waals surface area contributed by atoms with Gasteiger partial charge in [0.2, 0.25) is 0 Å². The maximum atomic E-state index is 11.1. The Kier molecular flexibility index (Phi) is 8.11. The zero-order valence-corrected chi connectivity index (χ0v) is 19.7. The zero-order valence-electron chi connectivity index (χ0n) is 19.7. The molecule has 5 atom stereocenters. The van der Waals surface area contributed by atoms with E-state index in [1.165, 1.54) is 7.11 Å². The van der Waals surface area contributed by atoms with Crippen LogP contribution in [0, 0.1) is 0 Å². The van der Waals surface area contributed by atoms with E-state index in [1.807, 2.05) is 54.6 Å². The Morgan fingerprint density at radius 2 is 1.12 bits per heavy atom. The lowest BCUT2D eigenvalue weighted by Crippen LogP contribution is -2.60. The molecule has 3 aromatic rings. The summed E-state index contributed by atoms with van der Waals surface area (Å²) in [4.78, 5) is 0. The summed E-state index contributed by atoms with van der Waals surface area (Å²) in [5.74, 6) is 0. The number of ether oxygens (including phenoxy) is 5. The van der Waals surface area contributed by atoms with E-state index in [0.717, 1.165) is 16.7 Å². The van der Waals surface area contributed by atoms with E-state index in [1.54, 1.807) is 14.2 Å². The number of hydrogen-bond donors (Lipinski definition) is 1. The normalized spacial score (nSPS) is 25.2. The molecule has 1 aliphatic rings. The maximum absolute atomic E-state index is 11.1. The molecule has 0 spiro atoms. The van der Waals surface area contributed by atoms with Crippen LogP contribution in [0.1, 0.15) is 16.7 Å². The van der Waals surface area contributed by atoms with Crippen LogP contribution in [0.2, 0.25) is 0 Å². The highest BCUT2D eigenvalue weighted by atomic mass is 16.7. The predicted octanol–water partition coefficient (Wildman–Crippen LogP) is 3.76. The molecule has 1 saturated heterocycles. The summed E-state index contributed by atoms with van der Waals surface area (Å²) in [5.41, 5.74) is 1.99. The number of methoxy groups -OCH3 is 3. The van der Waals surface area contributed by atoms with Crippen molar-refractivity contribution in [1.29, 1.82) is 0 Å². The van der Waals surface area contributed by atoms with Crippen LogP contribution >= 0.6 is 0 Å². The molecule has 0 unspecified atom stereocenters. The van der Waals surface area contributed by atoms with Gasteiger partial charge >= 0.3 is 0 Å². The second kappa shape index (κ2) is 11.2. The van der Waals surface area contributed by atoms with Crippen molar-refractivity contribution >= 4 is 0 Å². The molecular weight excluding hydrogens is 432 g/mol. The number of aliphatic hydroxyl groups excluding tert-OH is 1. The van der Waals surface area contributed by atoms with E-state index >= 15 is 0 Å². The highest BCUT2D eigenvalue weighted by Gasteiger charge is 2.48. The Bertz CT molecular complexity index is 901. The van der Waals surface area contributed by atoms with Gasteiger partial charge in [0.15, 0.2) is 6.29 Å². The maximum Gasteiger partial charge on any atom is 0.186 e. The second-order valence-electron chi connectivity index (χ2n) is 8.26. The molecule has 0 saturated carbocycles. The minimum absolute atomic E-state index is 0.0933. The van der Waals surface area contributed by atoms with Crippen LogP contribution in [0.4, 0.5) is 0 Å². The number of rotatable bonds is 9. The second-order valence-corrected chi connectivity index (χ2v) is 8.26. The average Bonchev–Trinajstić information content (AvgIpc) is 2.91. The van der Waals surface area contributed by atoms with Crippen LogP contribution in [0.3, 0.4) is 0 Å². The van der Waals surface area contributed by atoms with Gasteiger partial charge in [-0.2, -0.15) is 0 Å². The van der Waals surface area contributed by atoms with Crippen molar-refractivity contribution in [2.24, 2.45) is 0 Å². The van der Waals surface area contributed by atoms with Crippen LogP contribution in [-0.4, -0.2) is 63.7 Å². The third kappa shape index (κ3) is 4.66. The number of aliphatic hydroxyl groups is 1. The van der Waals surface area contributed by atoms with Crippen molar-refractivity contribution < 1.29 is 28.8 Å². The average molecular weight is 465 g/mol. The van der Waals surface area contributed by atoms with Gasteiger partial charge in [-0.3, -0.25) is 0 Å². The highest BCUT2D eigenvalue weighted by Crippen LogP contribution is 2.41.